The van der Waals surface area contributed by atoms with Gasteiger partial charge in [0, 0.05) is 24.0 Å². The molecule has 1 aromatic carbocycles. The van der Waals surface area contributed by atoms with Crippen LogP contribution in [0.4, 0.5) is 0 Å². The maximum Gasteiger partial charge on any atom is 0.124 e. The topological polar surface area (TPSA) is 63.6 Å². The first-order chi connectivity index (χ1) is 9.74. The fourth-order valence-corrected chi connectivity index (χ4v) is 2.43. The van der Waals surface area contributed by atoms with Crippen LogP contribution in [-0.4, -0.2) is 30.9 Å². The molecule has 0 aliphatic carbocycles. The summed E-state index contributed by atoms with van der Waals surface area (Å²) in [5, 5.41) is 15.4. The lowest BCUT2D eigenvalue weighted by atomic mass is 10.1. The molecule has 1 unspecified atom stereocenters. The number of nitrogens with zero attached hydrogens (tertiary/aromatic N) is 1. The minimum Gasteiger partial charge on any atom is -0.497 e. The van der Waals surface area contributed by atoms with Gasteiger partial charge in [-0.2, -0.15) is 0 Å². The number of thiazole rings is 1. The van der Waals surface area contributed by atoms with E-state index in [-0.39, 0.29) is 0 Å². The Morgan fingerprint density at radius 2 is 2.20 bits per heavy atom. The summed E-state index contributed by atoms with van der Waals surface area (Å²) in [5.74, 6) is 1.34. The second-order valence-corrected chi connectivity index (χ2v) is 4.95. The number of nitrogens with one attached hydrogen (secondary N) is 1. The fourth-order valence-electron chi connectivity index (χ4n) is 1.87. The average Bonchev–Trinajstić information content (AvgIpc) is 2.99. The van der Waals surface area contributed by atoms with E-state index in [0.717, 1.165) is 5.69 Å². The Kier molecular flexibility index (Phi) is 5.34. The molecule has 1 heterocycles. The van der Waals surface area contributed by atoms with Gasteiger partial charge < -0.3 is 19.9 Å². The molecule has 0 aliphatic heterocycles. The lowest BCUT2D eigenvalue weighted by Gasteiger charge is -2.16. The van der Waals surface area contributed by atoms with Crippen LogP contribution in [0.15, 0.2) is 29.1 Å². The van der Waals surface area contributed by atoms with Gasteiger partial charge in [-0.15, -0.1) is 11.3 Å². The molecule has 5 nitrogen and oxygen atoms in total. The third kappa shape index (κ3) is 3.69. The number of benzene rings is 1. The van der Waals surface area contributed by atoms with E-state index in [1.807, 2.05) is 5.38 Å². The van der Waals surface area contributed by atoms with Crippen LogP contribution in [0.3, 0.4) is 0 Å². The van der Waals surface area contributed by atoms with Gasteiger partial charge in [-0.1, -0.05) is 0 Å². The lowest BCUT2D eigenvalue weighted by molar-refractivity contribution is 0.169. The van der Waals surface area contributed by atoms with Gasteiger partial charge in [0.2, 0.25) is 0 Å². The van der Waals surface area contributed by atoms with Gasteiger partial charge in [0.15, 0.2) is 0 Å². The van der Waals surface area contributed by atoms with Crippen molar-refractivity contribution in [2.45, 2.75) is 12.6 Å². The number of aromatic nitrogens is 1. The number of hydrogen-bond acceptors (Lipinski definition) is 6. The Morgan fingerprint density at radius 3 is 2.85 bits per heavy atom. The Morgan fingerprint density at radius 1 is 1.35 bits per heavy atom. The molecule has 0 saturated heterocycles. The zero-order valence-electron chi connectivity index (χ0n) is 11.5. The molecule has 20 heavy (non-hydrogen) atoms. The summed E-state index contributed by atoms with van der Waals surface area (Å²) in [6.45, 7) is 1.05. The predicted octanol–water partition coefficient (Wildman–Crippen LogP) is 1.98. The van der Waals surface area contributed by atoms with Crippen molar-refractivity contribution < 1.29 is 14.6 Å². The number of hydrogen-bond donors (Lipinski definition) is 2. The number of methoxy groups -OCH3 is 2. The first-order valence-electron chi connectivity index (χ1n) is 6.22. The van der Waals surface area contributed by atoms with Crippen molar-refractivity contribution in [1.82, 2.24) is 10.3 Å². The molecule has 108 valence electrons. The second-order valence-electron chi connectivity index (χ2n) is 4.23. The predicted molar refractivity (Wildman–Crippen MR) is 78.3 cm³/mol. The highest BCUT2D eigenvalue weighted by molar-refractivity contribution is 7.07. The minimum absolute atomic E-state index is 0.418. The van der Waals surface area contributed by atoms with E-state index in [1.54, 1.807) is 49.3 Å². The van der Waals surface area contributed by atoms with Gasteiger partial charge in [0.1, 0.15) is 11.5 Å². The molecule has 2 N–H and O–H groups in total. The standard InChI is InChI=1S/C14H18N2O3S/c1-18-11-3-4-14(19-2)12(5-11)13(17)7-15-6-10-8-20-9-16-10/h3-5,8-9,13,15,17H,6-7H2,1-2H3. The van der Waals surface area contributed by atoms with Crippen molar-refractivity contribution >= 4 is 11.3 Å². The van der Waals surface area contributed by atoms with Gasteiger partial charge >= 0.3 is 0 Å². The summed E-state index contributed by atoms with van der Waals surface area (Å²) in [6, 6.07) is 5.38. The molecule has 2 rings (SSSR count). The summed E-state index contributed by atoms with van der Waals surface area (Å²) >= 11 is 1.56. The quantitative estimate of drug-likeness (QED) is 0.817. The fraction of sp³-hybridized carbons (Fsp3) is 0.357. The lowest BCUT2D eigenvalue weighted by Crippen LogP contribution is -2.21. The van der Waals surface area contributed by atoms with E-state index in [9.17, 15) is 5.11 Å². The van der Waals surface area contributed by atoms with Crippen LogP contribution < -0.4 is 14.8 Å². The Bertz CT molecular complexity index is 531. The molecule has 0 saturated carbocycles. The largest absolute Gasteiger partial charge is 0.497 e. The first kappa shape index (κ1) is 14.8. The van der Waals surface area contributed by atoms with Crippen molar-refractivity contribution in [1.29, 1.82) is 0 Å². The van der Waals surface area contributed by atoms with Crippen LogP contribution in [0, 0.1) is 0 Å². The summed E-state index contributed by atoms with van der Waals surface area (Å²) < 4.78 is 10.4. The van der Waals surface area contributed by atoms with Crippen LogP contribution in [0.25, 0.3) is 0 Å². The molecule has 0 bridgehead atoms. The van der Waals surface area contributed by atoms with Crippen LogP contribution >= 0.6 is 11.3 Å². The number of aliphatic hydroxyl groups is 1. The smallest absolute Gasteiger partial charge is 0.124 e. The van der Waals surface area contributed by atoms with Gasteiger partial charge in [-0.05, 0) is 18.2 Å². The molecule has 6 heteroatoms. The zero-order chi connectivity index (χ0) is 14.4. The number of aliphatic hydroxyl groups excluding tert-OH is 1. The SMILES string of the molecule is COc1ccc(OC)c(C(O)CNCc2cscn2)c1. The van der Waals surface area contributed by atoms with E-state index in [0.29, 0.717) is 30.2 Å². The summed E-state index contributed by atoms with van der Waals surface area (Å²) in [5.41, 5.74) is 3.47. The zero-order valence-corrected chi connectivity index (χ0v) is 12.3. The van der Waals surface area contributed by atoms with Crippen molar-refractivity contribution in [3.8, 4) is 11.5 Å². The first-order valence-corrected chi connectivity index (χ1v) is 7.16. The molecule has 0 fully saturated rings. The average molecular weight is 294 g/mol. The highest BCUT2D eigenvalue weighted by atomic mass is 32.1. The molecule has 1 aromatic heterocycles. The Labute approximate surface area is 122 Å². The van der Waals surface area contributed by atoms with Crippen molar-refractivity contribution in [3.63, 3.8) is 0 Å². The molecule has 0 amide bonds. The molecular formula is C14H18N2O3S. The van der Waals surface area contributed by atoms with E-state index in [4.69, 9.17) is 9.47 Å². The number of rotatable bonds is 7. The van der Waals surface area contributed by atoms with E-state index >= 15 is 0 Å². The molecule has 2 aromatic rings. The normalized spacial score (nSPS) is 12.2. The van der Waals surface area contributed by atoms with Crippen molar-refractivity contribution in [2.75, 3.05) is 20.8 Å². The van der Waals surface area contributed by atoms with Crippen molar-refractivity contribution in [3.05, 3.63) is 40.3 Å². The van der Waals surface area contributed by atoms with E-state index in [1.165, 1.54) is 0 Å². The van der Waals surface area contributed by atoms with Crippen molar-refractivity contribution in [2.24, 2.45) is 0 Å². The summed E-state index contributed by atoms with van der Waals surface area (Å²) in [7, 11) is 3.18. The third-order valence-corrected chi connectivity index (χ3v) is 3.56. The van der Waals surface area contributed by atoms with Crippen LogP contribution in [-0.2, 0) is 6.54 Å². The van der Waals surface area contributed by atoms with Gasteiger partial charge in [-0.3, -0.25) is 0 Å². The Balaban J connectivity index is 1.98. The maximum absolute atomic E-state index is 10.3. The number of ether oxygens (including phenoxy) is 2. The molecule has 0 aliphatic rings. The highest BCUT2D eigenvalue weighted by Crippen LogP contribution is 2.29. The molecular weight excluding hydrogens is 276 g/mol. The Hall–Kier alpha value is -1.63. The van der Waals surface area contributed by atoms with Crippen LogP contribution in [0.2, 0.25) is 0 Å². The molecule has 0 radical (unpaired) electrons. The molecule has 0 spiro atoms. The van der Waals surface area contributed by atoms with Crippen LogP contribution in [0.1, 0.15) is 17.4 Å². The van der Waals surface area contributed by atoms with Gasteiger partial charge in [-0.25, -0.2) is 4.98 Å². The minimum atomic E-state index is -0.668. The second kappa shape index (κ2) is 7.23. The monoisotopic (exact) mass is 294 g/mol. The highest BCUT2D eigenvalue weighted by Gasteiger charge is 2.14. The van der Waals surface area contributed by atoms with E-state index in [2.05, 4.69) is 10.3 Å². The van der Waals surface area contributed by atoms with Gasteiger partial charge in [0.05, 0.1) is 31.5 Å². The van der Waals surface area contributed by atoms with E-state index < -0.39 is 6.10 Å². The summed E-state index contributed by atoms with van der Waals surface area (Å²) in [6.07, 6.45) is -0.668. The molecule has 1 atom stereocenters. The third-order valence-electron chi connectivity index (χ3n) is 2.92. The maximum atomic E-state index is 10.3. The van der Waals surface area contributed by atoms with Gasteiger partial charge in [0.25, 0.3) is 0 Å². The van der Waals surface area contributed by atoms with Crippen LogP contribution in [0.5, 0.6) is 11.5 Å². The summed E-state index contributed by atoms with van der Waals surface area (Å²) in [4.78, 5) is 4.18.